The number of ether oxygens (including phenoxy) is 1. The van der Waals surface area contributed by atoms with Crippen molar-refractivity contribution in [2.45, 2.75) is 6.18 Å². The van der Waals surface area contributed by atoms with E-state index in [4.69, 9.17) is 0 Å². The van der Waals surface area contributed by atoms with Gasteiger partial charge in [0, 0.05) is 12.4 Å². The van der Waals surface area contributed by atoms with Crippen molar-refractivity contribution in [1.29, 1.82) is 0 Å². The molecule has 0 saturated heterocycles. The number of imidazole rings is 1. The Balaban J connectivity index is 2.27. The summed E-state index contributed by atoms with van der Waals surface area (Å²) in [5.41, 5.74) is 0.542. The lowest BCUT2D eigenvalue weighted by Gasteiger charge is -2.08. The van der Waals surface area contributed by atoms with E-state index in [-0.39, 0.29) is 0 Å². The van der Waals surface area contributed by atoms with Gasteiger partial charge in [0.2, 0.25) is 0 Å². The van der Waals surface area contributed by atoms with Crippen LogP contribution in [-0.4, -0.2) is 21.7 Å². The monoisotopic (exact) mass is 256 g/mol. The fourth-order valence-corrected chi connectivity index (χ4v) is 1.29. The Morgan fingerprint density at radius 1 is 1.22 bits per heavy atom. The quantitative estimate of drug-likeness (QED) is 0.774. The van der Waals surface area contributed by atoms with E-state index >= 15 is 0 Å². The second-order valence-corrected chi connectivity index (χ2v) is 3.30. The summed E-state index contributed by atoms with van der Waals surface area (Å²) in [5, 5.41) is 0. The Bertz CT molecular complexity index is 549. The highest BCUT2D eigenvalue weighted by Gasteiger charge is 2.42. The molecule has 94 valence electrons. The van der Waals surface area contributed by atoms with Gasteiger partial charge in [0.1, 0.15) is 0 Å². The van der Waals surface area contributed by atoms with Crippen molar-refractivity contribution >= 4 is 5.97 Å². The molecule has 0 spiro atoms. The van der Waals surface area contributed by atoms with E-state index in [1.54, 1.807) is 30.3 Å². The lowest BCUT2D eigenvalue weighted by molar-refractivity contribution is -0.190. The number of hydrogen-bond acceptors (Lipinski definition) is 3. The van der Waals surface area contributed by atoms with Gasteiger partial charge in [-0.25, -0.2) is 9.78 Å². The maximum Gasteiger partial charge on any atom is 0.491 e. The first kappa shape index (κ1) is 12.2. The molecule has 0 amide bonds. The predicted octanol–water partition coefficient (Wildman–Crippen LogP) is 2.34. The van der Waals surface area contributed by atoms with Gasteiger partial charge in [0.25, 0.3) is 0 Å². The van der Waals surface area contributed by atoms with Gasteiger partial charge < -0.3 is 4.74 Å². The number of alkyl halides is 3. The Kier molecular flexibility index (Phi) is 3.05. The molecule has 0 saturated carbocycles. The van der Waals surface area contributed by atoms with Crippen molar-refractivity contribution in [2.24, 2.45) is 0 Å². The van der Waals surface area contributed by atoms with Gasteiger partial charge in [-0.15, -0.1) is 0 Å². The minimum atomic E-state index is -5.05. The lowest BCUT2D eigenvalue weighted by atomic mass is 10.3. The predicted molar refractivity (Wildman–Crippen MR) is 55.3 cm³/mol. The van der Waals surface area contributed by atoms with E-state index in [9.17, 15) is 18.0 Å². The molecule has 1 aromatic carbocycles. The zero-order valence-corrected chi connectivity index (χ0v) is 8.89. The summed E-state index contributed by atoms with van der Waals surface area (Å²) in [6.45, 7) is 0. The molecule has 2 rings (SSSR count). The first-order chi connectivity index (χ1) is 8.48. The Morgan fingerprint density at radius 3 is 2.50 bits per heavy atom. The van der Waals surface area contributed by atoms with Crippen molar-refractivity contribution in [3.8, 4) is 11.7 Å². The standard InChI is InChI=1S/C11H7F3N2O2/c12-11(13,14)9(17)18-10-15-6-7-16(10)8-4-2-1-3-5-8/h1-7H. The molecule has 2 aromatic rings. The molecule has 18 heavy (non-hydrogen) atoms. The Labute approximate surface area is 99.6 Å². The molecule has 0 aliphatic carbocycles. The Hall–Kier alpha value is -2.31. The number of carbonyl (C=O) groups excluding carboxylic acids is 1. The number of nitrogens with zero attached hydrogens (tertiary/aromatic N) is 2. The van der Waals surface area contributed by atoms with Gasteiger partial charge in [0.15, 0.2) is 0 Å². The van der Waals surface area contributed by atoms with Gasteiger partial charge in [-0.1, -0.05) is 18.2 Å². The van der Waals surface area contributed by atoms with E-state index < -0.39 is 18.2 Å². The normalized spacial score (nSPS) is 11.3. The van der Waals surface area contributed by atoms with Crippen LogP contribution in [0, 0.1) is 0 Å². The fourth-order valence-electron chi connectivity index (χ4n) is 1.29. The molecule has 0 N–H and O–H groups in total. The maximum absolute atomic E-state index is 12.1. The summed E-state index contributed by atoms with van der Waals surface area (Å²) in [5.74, 6) is -2.30. The summed E-state index contributed by atoms with van der Waals surface area (Å²) in [7, 11) is 0. The molecular weight excluding hydrogens is 249 g/mol. The first-order valence-electron chi connectivity index (χ1n) is 4.86. The summed E-state index contributed by atoms with van der Waals surface area (Å²) in [6.07, 6.45) is -2.41. The molecule has 0 radical (unpaired) electrons. The minimum absolute atomic E-state index is 0.427. The molecule has 1 aromatic heterocycles. The zero-order valence-electron chi connectivity index (χ0n) is 8.89. The molecule has 7 heteroatoms. The largest absolute Gasteiger partial charge is 0.491 e. The molecule has 4 nitrogen and oxygen atoms in total. The van der Waals surface area contributed by atoms with Crippen LogP contribution in [0.25, 0.3) is 5.69 Å². The second kappa shape index (κ2) is 4.52. The van der Waals surface area contributed by atoms with Crippen molar-refractivity contribution in [3.05, 3.63) is 42.7 Å². The first-order valence-corrected chi connectivity index (χ1v) is 4.86. The number of esters is 1. The van der Waals surface area contributed by atoms with E-state index in [1.807, 2.05) is 0 Å². The topological polar surface area (TPSA) is 44.1 Å². The van der Waals surface area contributed by atoms with Gasteiger partial charge in [-0.2, -0.15) is 13.2 Å². The van der Waals surface area contributed by atoms with Crippen molar-refractivity contribution in [1.82, 2.24) is 9.55 Å². The molecule has 0 atom stereocenters. The third-order valence-corrected chi connectivity index (χ3v) is 2.06. The number of carbonyl (C=O) groups is 1. The van der Waals surface area contributed by atoms with Crippen molar-refractivity contribution in [3.63, 3.8) is 0 Å². The van der Waals surface area contributed by atoms with Crippen LogP contribution in [0.5, 0.6) is 6.01 Å². The third-order valence-electron chi connectivity index (χ3n) is 2.06. The van der Waals surface area contributed by atoms with Crippen LogP contribution in [0.4, 0.5) is 13.2 Å². The fraction of sp³-hybridized carbons (Fsp3) is 0.0909. The van der Waals surface area contributed by atoms with Gasteiger partial charge in [-0.05, 0) is 12.1 Å². The van der Waals surface area contributed by atoms with Crippen LogP contribution in [0.15, 0.2) is 42.7 Å². The summed E-state index contributed by atoms with van der Waals surface area (Å²) in [4.78, 5) is 14.3. The lowest BCUT2D eigenvalue weighted by Crippen LogP contribution is -2.28. The third kappa shape index (κ3) is 2.50. The molecule has 1 heterocycles. The van der Waals surface area contributed by atoms with E-state index in [2.05, 4.69) is 9.72 Å². The molecular formula is C11H7F3N2O2. The zero-order chi connectivity index (χ0) is 13.2. The number of benzene rings is 1. The van der Waals surface area contributed by atoms with E-state index in [0.29, 0.717) is 5.69 Å². The van der Waals surface area contributed by atoms with E-state index in [0.717, 1.165) is 0 Å². The van der Waals surface area contributed by atoms with Crippen molar-refractivity contribution < 1.29 is 22.7 Å². The summed E-state index contributed by atoms with van der Waals surface area (Å²) in [6, 6.07) is 8.01. The van der Waals surface area contributed by atoms with Gasteiger partial charge in [0.05, 0.1) is 5.69 Å². The van der Waals surface area contributed by atoms with E-state index in [1.165, 1.54) is 17.0 Å². The van der Waals surface area contributed by atoms with Crippen LogP contribution >= 0.6 is 0 Å². The smallest absolute Gasteiger partial charge is 0.385 e. The van der Waals surface area contributed by atoms with Crippen LogP contribution in [0.3, 0.4) is 0 Å². The summed E-state index contributed by atoms with van der Waals surface area (Å²) < 4.78 is 41.6. The van der Waals surface area contributed by atoms with Gasteiger partial charge >= 0.3 is 18.2 Å². The van der Waals surface area contributed by atoms with Crippen LogP contribution < -0.4 is 4.74 Å². The highest BCUT2D eigenvalue weighted by molar-refractivity contribution is 5.77. The van der Waals surface area contributed by atoms with Crippen LogP contribution in [0.2, 0.25) is 0 Å². The molecule has 0 unspecified atom stereocenters. The average molecular weight is 256 g/mol. The number of para-hydroxylation sites is 1. The van der Waals surface area contributed by atoms with Crippen LogP contribution in [-0.2, 0) is 4.79 Å². The molecule has 0 fully saturated rings. The van der Waals surface area contributed by atoms with Gasteiger partial charge in [-0.3, -0.25) is 4.57 Å². The van der Waals surface area contributed by atoms with Crippen molar-refractivity contribution in [2.75, 3.05) is 0 Å². The SMILES string of the molecule is O=C(Oc1nccn1-c1ccccc1)C(F)(F)F. The molecule has 0 aliphatic heterocycles. The highest BCUT2D eigenvalue weighted by Crippen LogP contribution is 2.21. The number of halogens is 3. The number of hydrogen-bond donors (Lipinski definition) is 0. The molecule has 0 bridgehead atoms. The Morgan fingerprint density at radius 2 is 1.89 bits per heavy atom. The number of aromatic nitrogens is 2. The average Bonchev–Trinajstić information content (AvgIpc) is 2.77. The molecule has 0 aliphatic rings. The summed E-state index contributed by atoms with van der Waals surface area (Å²) >= 11 is 0. The maximum atomic E-state index is 12.1. The minimum Gasteiger partial charge on any atom is -0.385 e. The van der Waals surface area contributed by atoms with Crippen LogP contribution in [0.1, 0.15) is 0 Å². The number of rotatable bonds is 2. The highest BCUT2D eigenvalue weighted by atomic mass is 19.4. The second-order valence-electron chi connectivity index (χ2n) is 3.30.